The molecule has 84 valence electrons. The number of nitriles is 1. The topological polar surface area (TPSA) is 36.3 Å². The van der Waals surface area contributed by atoms with Gasteiger partial charge in [-0.3, -0.25) is 4.90 Å². The minimum absolute atomic E-state index is 0.198. The lowest BCUT2D eigenvalue weighted by Crippen LogP contribution is -2.48. The maximum absolute atomic E-state index is 8.86. The first kappa shape index (κ1) is 10.9. The minimum atomic E-state index is -0.198. The Hall–Kier alpha value is -0.590. The second-order valence-electron chi connectivity index (χ2n) is 4.91. The van der Waals surface area contributed by atoms with Gasteiger partial charge in [0.15, 0.2) is 6.10 Å². The summed E-state index contributed by atoms with van der Waals surface area (Å²) in [6.45, 7) is 4.89. The summed E-state index contributed by atoms with van der Waals surface area (Å²) in [5.41, 5.74) is 0. The summed E-state index contributed by atoms with van der Waals surface area (Å²) in [4.78, 5) is 2.47. The second kappa shape index (κ2) is 4.96. The maximum atomic E-state index is 8.86. The molecule has 0 spiro atoms. The van der Waals surface area contributed by atoms with Gasteiger partial charge in [-0.15, -0.1) is 0 Å². The molecule has 0 amide bonds. The van der Waals surface area contributed by atoms with E-state index in [0.29, 0.717) is 6.04 Å². The average molecular weight is 208 g/mol. The van der Waals surface area contributed by atoms with Gasteiger partial charge in [0.2, 0.25) is 0 Å². The molecule has 0 aromatic rings. The first-order chi connectivity index (χ1) is 7.29. The predicted octanol–water partition coefficient (Wildman–Crippen LogP) is 1.79. The monoisotopic (exact) mass is 208 g/mol. The van der Waals surface area contributed by atoms with Crippen LogP contribution in [0, 0.1) is 17.2 Å². The molecule has 0 aromatic carbocycles. The highest BCUT2D eigenvalue weighted by Crippen LogP contribution is 2.28. The van der Waals surface area contributed by atoms with Crippen LogP contribution in [-0.4, -0.2) is 36.7 Å². The lowest BCUT2D eigenvalue weighted by molar-refractivity contribution is -0.0264. The third-order valence-corrected chi connectivity index (χ3v) is 3.67. The fraction of sp³-hybridized carbons (Fsp3) is 0.917. The Morgan fingerprint density at radius 1 is 1.40 bits per heavy atom. The molecule has 3 unspecified atom stereocenters. The summed E-state index contributed by atoms with van der Waals surface area (Å²) in [5, 5.41) is 8.86. The molecule has 2 rings (SSSR count). The Morgan fingerprint density at radius 3 is 3.00 bits per heavy atom. The molecule has 0 aromatic heterocycles. The van der Waals surface area contributed by atoms with Gasteiger partial charge in [-0.1, -0.05) is 19.8 Å². The summed E-state index contributed by atoms with van der Waals surface area (Å²) in [7, 11) is 0. The van der Waals surface area contributed by atoms with Crippen LogP contribution < -0.4 is 0 Å². The Morgan fingerprint density at radius 2 is 2.27 bits per heavy atom. The van der Waals surface area contributed by atoms with Crippen molar-refractivity contribution in [2.45, 2.75) is 44.8 Å². The highest BCUT2D eigenvalue weighted by Gasteiger charge is 2.29. The number of hydrogen-bond donors (Lipinski definition) is 0. The maximum Gasteiger partial charge on any atom is 0.156 e. The zero-order valence-electron chi connectivity index (χ0n) is 9.48. The van der Waals surface area contributed by atoms with Crippen LogP contribution in [0.25, 0.3) is 0 Å². The molecule has 1 saturated carbocycles. The molecule has 3 heteroatoms. The molecule has 1 aliphatic carbocycles. The van der Waals surface area contributed by atoms with Gasteiger partial charge in [0.25, 0.3) is 0 Å². The molecule has 0 N–H and O–H groups in total. The Balaban J connectivity index is 1.89. The van der Waals surface area contributed by atoms with Crippen molar-refractivity contribution in [2.75, 3.05) is 19.7 Å². The minimum Gasteiger partial charge on any atom is -0.361 e. The van der Waals surface area contributed by atoms with Crippen molar-refractivity contribution >= 4 is 0 Å². The predicted molar refractivity (Wildman–Crippen MR) is 58.3 cm³/mol. The van der Waals surface area contributed by atoms with Crippen molar-refractivity contribution < 1.29 is 4.74 Å². The molecule has 15 heavy (non-hydrogen) atoms. The van der Waals surface area contributed by atoms with E-state index >= 15 is 0 Å². The van der Waals surface area contributed by atoms with E-state index in [1.807, 2.05) is 0 Å². The zero-order valence-corrected chi connectivity index (χ0v) is 9.48. The zero-order chi connectivity index (χ0) is 10.7. The third-order valence-electron chi connectivity index (χ3n) is 3.67. The molecular formula is C12H20N2O. The van der Waals surface area contributed by atoms with Crippen LogP contribution >= 0.6 is 0 Å². The molecule has 0 bridgehead atoms. The van der Waals surface area contributed by atoms with E-state index in [-0.39, 0.29) is 6.10 Å². The van der Waals surface area contributed by atoms with Crippen LogP contribution in [0.3, 0.4) is 0 Å². The van der Waals surface area contributed by atoms with Gasteiger partial charge in [-0.2, -0.15) is 5.26 Å². The van der Waals surface area contributed by atoms with Crippen molar-refractivity contribution in [1.29, 1.82) is 5.26 Å². The summed E-state index contributed by atoms with van der Waals surface area (Å²) in [6.07, 6.45) is 5.14. The number of rotatable bonds is 1. The van der Waals surface area contributed by atoms with Gasteiger partial charge >= 0.3 is 0 Å². The lowest BCUT2D eigenvalue weighted by Gasteiger charge is -2.39. The van der Waals surface area contributed by atoms with Crippen LogP contribution in [0.4, 0.5) is 0 Å². The Kier molecular flexibility index (Phi) is 3.61. The molecule has 2 fully saturated rings. The quantitative estimate of drug-likeness (QED) is 0.659. The van der Waals surface area contributed by atoms with E-state index in [0.717, 1.165) is 25.6 Å². The lowest BCUT2D eigenvalue weighted by atomic mass is 9.86. The number of ether oxygens (including phenoxy) is 1. The van der Waals surface area contributed by atoms with E-state index in [4.69, 9.17) is 10.00 Å². The van der Waals surface area contributed by atoms with Crippen molar-refractivity contribution in [1.82, 2.24) is 4.90 Å². The van der Waals surface area contributed by atoms with Gasteiger partial charge in [-0.25, -0.2) is 0 Å². The molecule has 2 aliphatic rings. The van der Waals surface area contributed by atoms with Gasteiger partial charge in [0.05, 0.1) is 12.7 Å². The first-order valence-electron chi connectivity index (χ1n) is 6.05. The van der Waals surface area contributed by atoms with Crippen LogP contribution in [0.15, 0.2) is 0 Å². The summed E-state index contributed by atoms with van der Waals surface area (Å²) >= 11 is 0. The van der Waals surface area contributed by atoms with Crippen LogP contribution in [0.1, 0.15) is 32.6 Å². The Bertz CT molecular complexity index is 248. The fourth-order valence-corrected chi connectivity index (χ4v) is 2.81. The van der Waals surface area contributed by atoms with Crippen LogP contribution in [-0.2, 0) is 4.74 Å². The Labute approximate surface area is 92.0 Å². The number of nitrogens with zero attached hydrogens (tertiary/aromatic N) is 2. The highest BCUT2D eigenvalue weighted by atomic mass is 16.5. The third kappa shape index (κ3) is 2.70. The normalized spacial score (nSPS) is 38.5. The molecule has 3 atom stereocenters. The SMILES string of the molecule is CC1CCCC(N2CCOC(C#N)C2)C1. The summed E-state index contributed by atoms with van der Waals surface area (Å²) in [6, 6.07) is 2.92. The standard InChI is InChI=1S/C12H20N2O/c1-10-3-2-4-11(7-10)14-5-6-15-12(8-13)9-14/h10-12H,2-7,9H2,1H3. The molecule has 1 saturated heterocycles. The van der Waals surface area contributed by atoms with Crippen LogP contribution in [0.5, 0.6) is 0 Å². The first-order valence-corrected chi connectivity index (χ1v) is 6.05. The van der Waals surface area contributed by atoms with E-state index in [9.17, 15) is 0 Å². The molecular weight excluding hydrogens is 188 g/mol. The molecule has 1 aliphatic heterocycles. The number of hydrogen-bond acceptors (Lipinski definition) is 3. The van der Waals surface area contributed by atoms with Gasteiger partial charge in [-0.05, 0) is 18.8 Å². The van der Waals surface area contributed by atoms with Crippen molar-refractivity contribution in [2.24, 2.45) is 5.92 Å². The number of morpholine rings is 1. The van der Waals surface area contributed by atoms with Gasteiger partial charge in [0.1, 0.15) is 0 Å². The van der Waals surface area contributed by atoms with E-state index in [1.54, 1.807) is 0 Å². The van der Waals surface area contributed by atoms with Crippen molar-refractivity contribution in [3.05, 3.63) is 0 Å². The summed E-state index contributed by atoms with van der Waals surface area (Å²) in [5.74, 6) is 0.854. The van der Waals surface area contributed by atoms with Gasteiger partial charge < -0.3 is 4.74 Å². The molecule has 0 radical (unpaired) electrons. The van der Waals surface area contributed by atoms with Crippen molar-refractivity contribution in [3.8, 4) is 6.07 Å². The van der Waals surface area contributed by atoms with Gasteiger partial charge in [0, 0.05) is 19.1 Å². The van der Waals surface area contributed by atoms with E-state index < -0.39 is 0 Å². The van der Waals surface area contributed by atoms with Crippen LogP contribution in [0.2, 0.25) is 0 Å². The van der Waals surface area contributed by atoms with E-state index in [1.165, 1.54) is 25.7 Å². The molecule has 1 heterocycles. The largest absolute Gasteiger partial charge is 0.361 e. The van der Waals surface area contributed by atoms with E-state index in [2.05, 4.69) is 17.9 Å². The van der Waals surface area contributed by atoms with Crippen molar-refractivity contribution in [3.63, 3.8) is 0 Å². The summed E-state index contributed by atoms with van der Waals surface area (Å²) < 4.78 is 5.37. The fourth-order valence-electron chi connectivity index (χ4n) is 2.81. The molecule has 3 nitrogen and oxygen atoms in total. The highest BCUT2D eigenvalue weighted by molar-refractivity contribution is 4.92. The smallest absolute Gasteiger partial charge is 0.156 e. The second-order valence-corrected chi connectivity index (χ2v) is 4.91. The average Bonchev–Trinajstić information content (AvgIpc) is 2.29.